The SMILES string of the molecule is N#Cc1ccc(COC(=O)Cc2ccc(N)cc2)c(Cl)c1. The summed E-state index contributed by atoms with van der Waals surface area (Å²) in [7, 11) is 0. The summed E-state index contributed by atoms with van der Waals surface area (Å²) in [6, 6.07) is 13.9. The monoisotopic (exact) mass is 300 g/mol. The molecule has 2 rings (SSSR count). The van der Waals surface area contributed by atoms with Gasteiger partial charge in [-0.05, 0) is 29.8 Å². The van der Waals surface area contributed by atoms with Crippen molar-refractivity contribution < 1.29 is 9.53 Å². The molecular formula is C16H13ClN2O2. The predicted molar refractivity (Wildman–Crippen MR) is 80.5 cm³/mol. The Kier molecular flexibility index (Phi) is 4.81. The van der Waals surface area contributed by atoms with E-state index in [0.717, 1.165) is 5.56 Å². The number of nitrogen functional groups attached to an aromatic ring is 1. The summed E-state index contributed by atoms with van der Waals surface area (Å²) in [6.07, 6.45) is 0.175. The number of carbonyl (C=O) groups excluding carboxylic acids is 1. The van der Waals surface area contributed by atoms with Crippen molar-refractivity contribution >= 4 is 23.3 Å². The van der Waals surface area contributed by atoms with Gasteiger partial charge in [-0.15, -0.1) is 0 Å². The molecule has 0 bridgehead atoms. The van der Waals surface area contributed by atoms with Crippen molar-refractivity contribution in [3.05, 3.63) is 64.2 Å². The van der Waals surface area contributed by atoms with Gasteiger partial charge in [-0.2, -0.15) is 5.26 Å². The largest absolute Gasteiger partial charge is 0.461 e. The second-order valence-electron chi connectivity index (χ2n) is 4.50. The van der Waals surface area contributed by atoms with Crippen LogP contribution >= 0.6 is 11.6 Å². The Labute approximate surface area is 127 Å². The molecule has 0 atom stereocenters. The molecule has 5 heteroatoms. The van der Waals surface area contributed by atoms with E-state index < -0.39 is 0 Å². The van der Waals surface area contributed by atoms with Crippen LogP contribution in [0.4, 0.5) is 5.69 Å². The lowest BCUT2D eigenvalue weighted by Crippen LogP contribution is -2.08. The zero-order chi connectivity index (χ0) is 15.2. The molecule has 0 saturated carbocycles. The molecule has 0 fully saturated rings. The topological polar surface area (TPSA) is 76.1 Å². The highest BCUT2D eigenvalue weighted by Crippen LogP contribution is 2.18. The lowest BCUT2D eigenvalue weighted by atomic mass is 10.1. The standard InChI is InChI=1S/C16H13ClN2O2/c17-15-7-12(9-18)1-4-13(15)10-21-16(20)8-11-2-5-14(19)6-3-11/h1-7H,8,10,19H2. The molecule has 0 aromatic heterocycles. The third-order valence-electron chi connectivity index (χ3n) is 2.90. The van der Waals surface area contributed by atoms with Crippen LogP contribution in [-0.2, 0) is 22.6 Å². The van der Waals surface area contributed by atoms with Crippen molar-refractivity contribution in [2.75, 3.05) is 5.73 Å². The molecule has 0 aliphatic carbocycles. The maximum Gasteiger partial charge on any atom is 0.310 e. The van der Waals surface area contributed by atoms with Gasteiger partial charge in [-0.1, -0.05) is 29.8 Å². The number of anilines is 1. The van der Waals surface area contributed by atoms with Gasteiger partial charge in [0.15, 0.2) is 0 Å². The molecule has 0 heterocycles. The summed E-state index contributed by atoms with van der Waals surface area (Å²) in [5.74, 6) is -0.347. The van der Waals surface area contributed by atoms with Crippen LogP contribution in [0.3, 0.4) is 0 Å². The van der Waals surface area contributed by atoms with Crippen LogP contribution in [0.1, 0.15) is 16.7 Å². The number of nitrogens with two attached hydrogens (primary N) is 1. The number of nitriles is 1. The Bertz CT molecular complexity index is 690. The highest BCUT2D eigenvalue weighted by Gasteiger charge is 2.08. The second kappa shape index (κ2) is 6.78. The minimum atomic E-state index is -0.347. The number of hydrogen-bond acceptors (Lipinski definition) is 4. The number of rotatable bonds is 4. The summed E-state index contributed by atoms with van der Waals surface area (Å²) in [5, 5.41) is 9.16. The number of halogens is 1. The summed E-state index contributed by atoms with van der Waals surface area (Å²) < 4.78 is 5.18. The molecule has 0 aliphatic heterocycles. The number of carbonyl (C=O) groups is 1. The van der Waals surface area contributed by atoms with E-state index in [9.17, 15) is 4.79 Å². The molecule has 0 saturated heterocycles. The molecule has 0 unspecified atom stereocenters. The third kappa shape index (κ3) is 4.23. The van der Waals surface area contributed by atoms with Crippen LogP contribution in [0, 0.1) is 11.3 Å². The number of hydrogen-bond donors (Lipinski definition) is 1. The molecule has 0 aliphatic rings. The normalized spacial score (nSPS) is 9.90. The minimum absolute atomic E-state index is 0.0817. The first kappa shape index (κ1) is 14.9. The van der Waals surface area contributed by atoms with Crippen molar-refractivity contribution in [1.82, 2.24) is 0 Å². The average Bonchev–Trinajstić information content (AvgIpc) is 2.48. The van der Waals surface area contributed by atoms with Gasteiger partial charge in [0.25, 0.3) is 0 Å². The van der Waals surface area contributed by atoms with E-state index in [0.29, 0.717) is 21.8 Å². The van der Waals surface area contributed by atoms with Crippen LogP contribution in [-0.4, -0.2) is 5.97 Å². The van der Waals surface area contributed by atoms with Gasteiger partial charge in [0.2, 0.25) is 0 Å². The minimum Gasteiger partial charge on any atom is -0.461 e. The molecule has 2 aromatic carbocycles. The summed E-state index contributed by atoms with van der Waals surface area (Å²) >= 11 is 6.01. The van der Waals surface area contributed by atoms with E-state index in [4.69, 9.17) is 27.3 Å². The van der Waals surface area contributed by atoms with E-state index in [-0.39, 0.29) is 19.0 Å². The van der Waals surface area contributed by atoms with Crippen LogP contribution in [0.25, 0.3) is 0 Å². The first-order chi connectivity index (χ1) is 10.1. The second-order valence-corrected chi connectivity index (χ2v) is 4.90. The summed E-state index contributed by atoms with van der Waals surface area (Å²) in [4.78, 5) is 11.8. The van der Waals surface area contributed by atoms with Crippen LogP contribution in [0.15, 0.2) is 42.5 Å². The van der Waals surface area contributed by atoms with E-state index in [1.807, 2.05) is 6.07 Å². The number of ether oxygens (including phenoxy) is 1. The quantitative estimate of drug-likeness (QED) is 0.695. The van der Waals surface area contributed by atoms with Gasteiger partial charge in [0.1, 0.15) is 6.61 Å². The summed E-state index contributed by atoms with van der Waals surface area (Å²) in [6.45, 7) is 0.0817. The average molecular weight is 301 g/mol. The smallest absolute Gasteiger partial charge is 0.310 e. The number of benzene rings is 2. The Morgan fingerprint density at radius 3 is 2.57 bits per heavy atom. The van der Waals surface area contributed by atoms with Gasteiger partial charge < -0.3 is 10.5 Å². The molecule has 0 amide bonds. The third-order valence-corrected chi connectivity index (χ3v) is 3.25. The van der Waals surface area contributed by atoms with E-state index in [2.05, 4.69) is 0 Å². The van der Waals surface area contributed by atoms with Gasteiger partial charge >= 0.3 is 5.97 Å². The first-order valence-corrected chi connectivity index (χ1v) is 6.65. The van der Waals surface area contributed by atoms with Crippen molar-refractivity contribution in [3.8, 4) is 6.07 Å². The van der Waals surface area contributed by atoms with E-state index >= 15 is 0 Å². The van der Waals surface area contributed by atoms with Crippen molar-refractivity contribution in [1.29, 1.82) is 5.26 Å². The Balaban J connectivity index is 1.92. The lowest BCUT2D eigenvalue weighted by Gasteiger charge is -2.07. The van der Waals surface area contributed by atoms with Gasteiger partial charge in [0.05, 0.1) is 18.1 Å². The fourth-order valence-electron chi connectivity index (χ4n) is 1.75. The molecule has 2 N–H and O–H groups in total. The fourth-order valence-corrected chi connectivity index (χ4v) is 1.98. The van der Waals surface area contributed by atoms with Crippen molar-refractivity contribution in [2.45, 2.75) is 13.0 Å². The Morgan fingerprint density at radius 1 is 1.24 bits per heavy atom. The molecule has 4 nitrogen and oxygen atoms in total. The van der Waals surface area contributed by atoms with Crippen LogP contribution in [0.5, 0.6) is 0 Å². The molecule has 0 spiro atoms. The first-order valence-electron chi connectivity index (χ1n) is 6.27. The van der Waals surface area contributed by atoms with Crippen molar-refractivity contribution in [2.24, 2.45) is 0 Å². The zero-order valence-corrected chi connectivity index (χ0v) is 11.9. The fraction of sp³-hybridized carbons (Fsp3) is 0.125. The molecule has 21 heavy (non-hydrogen) atoms. The molecular weight excluding hydrogens is 288 g/mol. The highest BCUT2D eigenvalue weighted by molar-refractivity contribution is 6.31. The van der Waals surface area contributed by atoms with E-state index in [1.165, 1.54) is 0 Å². The zero-order valence-electron chi connectivity index (χ0n) is 11.2. The van der Waals surface area contributed by atoms with Gasteiger partial charge in [-0.25, -0.2) is 0 Å². The highest BCUT2D eigenvalue weighted by atomic mass is 35.5. The van der Waals surface area contributed by atoms with Crippen LogP contribution in [0.2, 0.25) is 5.02 Å². The maximum absolute atomic E-state index is 11.8. The Morgan fingerprint density at radius 2 is 1.95 bits per heavy atom. The number of esters is 1. The van der Waals surface area contributed by atoms with Gasteiger partial charge in [0, 0.05) is 16.3 Å². The van der Waals surface area contributed by atoms with E-state index in [1.54, 1.807) is 42.5 Å². The molecule has 2 aromatic rings. The summed E-state index contributed by atoms with van der Waals surface area (Å²) in [5.41, 5.74) is 8.20. The van der Waals surface area contributed by atoms with Crippen LogP contribution < -0.4 is 5.73 Å². The number of nitrogens with zero attached hydrogens (tertiary/aromatic N) is 1. The Hall–Kier alpha value is -2.51. The predicted octanol–water partition coefficient (Wildman–Crippen LogP) is 3.08. The van der Waals surface area contributed by atoms with Crippen molar-refractivity contribution in [3.63, 3.8) is 0 Å². The maximum atomic E-state index is 11.8. The molecule has 106 valence electrons. The lowest BCUT2D eigenvalue weighted by molar-refractivity contribution is -0.144. The molecule has 0 radical (unpaired) electrons. The van der Waals surface area contributed by atoms with Gasteiger partial charge in [-0.3, -0.25) is 4.79 Å².